The zero-order valence-electron chi connectivity index (χ0n) is 13.3. The molecule has 110 valence electrons. The Bertz CT molecular complexity index is 572. The lowest BCUT2D eigenvalue weighted by Crippen LogP contribution is -2.32. The van der Waals surface area contributed by atoms with Gasteiger partial charge in [0.2, 0.25) is 0 Å². The maximum absolute atomic E-state index is 5.60. The lowest BCUT2D eigenvalue weighted by Gasteiger charge is -2.24. The average Bonchev–Trinajstić information content (AvgIpc) is 2.82. The second-order valence-corrected chi connectivity index (χ2v) is 5.62. The van der Waals surface area contributed by atoms with Crippen molar-refractivity contribution in [1.29, 1.82) is 0 Å². The molecule has 1 N–H and O–H groups in total. The topological polar surface area (TPSA) is 28.3 Å². The fourth-order valence-electron chi connectivity index (χ4n) is 2.87. The summed E-state index contributed by atoms with van der Waals surface area (Å²) in [5.74, 6) is 1.01. The van der Waals surface area contributed by atoms with Crippen molar-refractivity contribution in [1.82, 2.24) is 9.88 Å². The molecular weight excluding hydrogens is 248 g/mol. The van der Waals surface area contributed by atoms with Crippen molar-refractivity contribution in [2.24, 2.45) is 0 Å². The van der Waals surface area contributed by atoms with E-state index in [1.54, 1.807) is 7.11 Å². The third kappa shape index (κ3) is 2.83. The van der Waals surface area contributed by atoms with Crippen molar-refractivity contribution in [3.05, 3.63) is 29.5 Å². The zero-order chi connectivity index (χ0) is 14.7. The average molecular weight is 274 g/mol. The Morgan fingerprint density at radius 1 is 1.30 bits per heavy atom. The fraction of sp³-hybridized carbons (Fsp3) is 0.529. The van der Waals surface area contributed by atoms with Crippen LogP contribution >= 0.6 is 0 Å². The number of methoxy groups -OCH3 is 1. The quantitative estimate of drug-likeness (QED) is 0.868. The van der Waals surface area contributed by atoms with Gasteiger partial charge in [0.1, 0.15) is 5.75 Å². The van der Waals surface area contributed by atoms with Crippen LogP contribution < -0.4 is 4.74 Å². The number of nitrogens with one attached hydrogen (secondary N) is 1. The highest BCUT2D eigenvalue weighted by Crippen LogP contribution is 2.32. The summed E-state index contributed by atoms with van der Waals surface area (Å²) in [5, 5.41) is 1.24. The van der Waals surface area contributed by atoms with Crippen molar-refractivity contribution >= 4 is 10.9 Å². The van der Waals surface area contributed by atoms with Crippen LogP contribution in [0.3, 0.4) is 0 Å². The van der Waals surface area contributed by atoms with E-state index in [0.717, 1.165) is 30.8 Å². The number of hydrogen-bond donors (Lipinski definition) is 1. The molecule has 0 saturated carbocycles. The normalized spacial score (nSPS) is 11.8. The number of aryl methyl sites for hydroxylation is 1. The molecule has 20 heavy (non-hydrogen) atoms. The summed E-state index contributed by atoms with van der Waals surface area (Å²) >= 11 is 0. The Balaban J connectivity index is 2.29. The van der Waals surface area contributed by atoms with Gasteiger partial charge in [0.15, 0.2) is 0 Å². The van der Waals surface area contributed by atoms with Crippen LogP contribution in [0, 0.1) is 6.92 Å². The molecule has 0 atom stereocenters. The molecule has 0 radical (unpaired) electrons. The van der Waals surface area contributed by atoms with Gasteiger partial charge in [0.05, 0.1) is 7.11 Å². The minimum absolute atomic E-state index is 0.592. The number of fused-ring (bicyclic) bond motifs is 1. The second kappa shape index (κ2) is 6.31. The Morgan fingerprint density at radius 3 is 2.65 bits per heavy atom. The van der Waals surface area contributed by atoms with Crippen LogP contribution in [0.1, 0.15) is 31.9 Å². The first kappa shape index (κ1) is 14.9. The number of ether oxygens (including phenoxy) is 1. The summed E-state index contributed by atoms with van der Waals surface area (Å²) in [4.78, 5) is 5.85. The lowest BCUT2D eigenvalue weighted by molar-refractivity contribution is 0.237. The van der Waals surface area contributed by atoms with Gasteiger partial charge in [-0.3, -0.25) is 0 Å². The Morgan fingerprint density at radius 2 is 2.05 bits per heavy atom. The van der Waals surface area contributed by atoms with Crippen molar-refractivity contribution < 1.29 is 4.74 Å². The first-order valence-electron chi connectivity index (χ1n) is 7.46. The fourth-order valence-corrected chi connectivity index (χ4v) is 2.87. The van der Waals surface area contributed by atoms with Gasteiger partial charge in [-0.1, -0.05) is 13.0 Å². The lowest BCUT2D eigenvalue weighted by atomic mass is 10.1. The zero-order valence-corrected chi connectivity index (χ0v) is 13.3. The minimum atomic E-state index is 0.592. The number of aromatic amines is 1. The van der Waals surface area contributed by atoms with Gasteiger partial charge in [0.25, 0.3) is 0 Å². The van der Waals surface area contributed by atoms with Gasteiger partial charge in [-0.25, -0.2) is 0 Å². The predicted octanol–water partition coefficient (Wildman–Crippen LogP) is 3.76. The standard InChI is InChI=1S/C17H26N2O/c1-6-19(12(2)3)10-9-14-11-18-15-8-7-13(4)17(20-5)16(14)15/h7-8,11-12,18H,6,9-10H2,1-5H3. The van der Waals surface area contributed by atoms with Crippen LogP contribution in [-0.4, -0.2) is 36.1 Å². The largest absolute Gasteiger partial charge is 0.496 e. The second-order valence-electron chi connectivity index (χ2n) is 5.62. The molecule has 0 unspecified atom stereocenters. The van der Waals surface area contributed by atoms with Crippen LogP contribution in [0.25, 0.3) is 10.9 Å². The van der Waals surface area contributed by atoms with E-state index in [-0.39, 0.29) is 0 Å². The molecule has 0 saturated heterocycles. The third-order valence-electron chi connectivity index (χ3n) is 4.09. The number of hydrogen-bond acceptors (Lipinski definition) is 2. The van der Waals surface area contributed by atoms with Gasteiger partial charge in [0, 0.05) is 29.7 Å². The van der Waals surface area contributed by atoms with Crippen LogP contribution in [0.4, 0.5) is 0 Å². The number of nitrogens with zero attached hydrogens (tertiary/aromatic N) is 1. The van der Waals surface area contributed by atoms with Crippen LogP contribution in [0.5, 0.6) is 5.75 Å². The van der Waals surface area contributed by atoms with E-state index < -0.39 is 0 Å². The molecule has 0 aliphatic carbocycles. The van der Waals surface area contributed by atoms with Gasteiger partial charge >= 0.3 is 0 Å². The summed E-state index contributed by atoms with van der Waals surface area (Å²) in [6.07, 6.45) is 3.17. The number of H-pyrrole nitrogens is 1. The molecule has 1 heterocycles. The van der Waals surface area contributed by atoms with Gasteiger partial charge in [-0.2, -0.15) is 0 Å². The van der Waals surface area contributed by atoms with E-state index in [1.807, 2.05) is 0 Å². The Hall–Kier alpha value is -1.48. The van der Waals surface area contributed by atoms with Crippen molar-refractivity contribution in [2.75, 3.05) is 20.2 Å². The smallest absolute Gasteiger partial charge is 0.131 e. The molecule has 1 aromatic heterocycles. The predicted molar refractivity (Wildman–Crippen MR) is 85.7 cm³/mol. The van der Waals surface area contributed by atoms with E-state index >= 15 is 0 Å². The van der Waals surface area contributed by atoms with E-state index in [9.17, 15) is 0 Å². The number of likely N-dealkylation sites (N-methyl/N-ethyl adjacent to an activating group) is 1. The molecule has 0 fully saturated rings. The maximum Gasteiger partial charge on any atom is 0.131 e. The summed E-state index contributed by atoms with van der Waals surface area (Å²) in [7, 11) is 1.75. The Labute approximate surface area is 121 Å². The van der Waals surface area contributed by atoms with Gasteiger partial charge in [-0.05, 0) is 50.9 Å². The number of aromatic nitrogens is 1. The van der Waals surface area contributed by atoms with Crippen molar-refractivity contribution in [2.45, 2.75) is 40.2 Å². The molecule has 0 amide bonds. The summed E-state index contributed by atoms with van der Waals surface area (Å²) < 4.78 is 5.60. The van der Waals surface area contributed by atoms with Crippen LogP contribution in [-0.2, 0) is 6.42 Å². The monoisotopic (exact) mass is 274 g/mol. The molecule has 0 spiro atoms. The van der Waals surface area contributed by atoms with E-state index in [4.69, 9.17) is 4.74 Å². The molecule has 1 aromatic carbocycles. The molecular formula is C17H26N2O. The first-order valence-corrected chi connectivity index (χ1v) is 7.46. The van der Waals surface area contributed by atoms with Gasteiger partial charge in [-0.15, -0.1) is 0 Å². The molecule has 3 nitrogen and oxygen atoms in total. The van der Waals surface area contributed by atoms with E-state index in [2.05, 4.69) is 55.9 Å². The molecule has 3 heteroatoms. The molecule has 0 aliphatic heterocycles. The maximum atomic E-state index is 5.60. The summed E-state index contributed by atoms with van der Waals surface area (Å²) in [5.41, 5.74) is 3.70. The summed E-state index contributed by atoms with van der Waals surface area (Å²) in [6.45, 7) is 11.0. The van der Waals surface area contributed by atoms with E-state index in [0.29, 0.717) is 6.04 Å². The first-order chi connectivity index (χ1) is 9.58. The highest BCUT2D eigenvalue weighted by atomic mass is 16.5. The van der Waals surface area contributed by atoms with Gasteiger partial charge < -0.3 is 14.6 Å². The molecule has 0 bridgehead atoms. The van der Waals surface area contributed by atoms with Crippen molar-refractivity contribution in [3.8, 4) is 5.75 Å². The number of benzene rings is 1. The third-order valence-corrected chi connectivity index (χ3v) is 4.09. The molecule has 2 rings (SSSR count). The minimum Gasteiger partial charge on any atom is -0.496 e. The summed E-state index contributed by atoms with van der Waals surface area (Å²) in [6, 6.07) is 4.83. The molecule has 2 aromatic rings. The number of rotatable bonds is 6. The highest BCUT2D eigenvalue weighted by molar-refractivity contribution is 5.90. The van der Waals surface area contributed by atoms with E-state index in [1.165, 1.54) is 16.5 Å². The van der Waals surface area contributed by atoms with Crippen LogP contribution in [0.15, 0.2) is 18.3 Å². The van der Waals surface area contributed by atoms with Crippen LogP contribution in [0.2, 0.25) is 0 Å². The highest BCUT2D eigenvalue weighted by Gasteiger charge is 2.13. The molecule has 0 aliphatic rings. The Kier molecular flexibility index (Phi) is 4.71. The van der Waals surface area contributed by atoms with Crippen molar-refractivity contribution in [3.63, 3.8) is 0 Å². The SMILES string of the molecule is CCN(CCc1c[nH]c2ccc(C)c(OC)c12)C(C)C.